The zero-order chi connectivity index (χ0) is 27.0. The molecule has 1 amide bonds. The van der Waals surface area contributed by atoms with Gasteiger partial charge in [-0.3, -0.25) is 9.36 Å². The maximum Gasteiger partial charge on any atom is 0.326 e. The van der Waals surface area contributed by atoms with Crippen LogP contribution in [0.3, 0.4) is 0 Å². The highest BCUT2D eigenvalue weighted by molar-refractivity contribution is 5.76. The second-order valence-corrected chi connectivity index (χ2v) is 10.4. The Morgan fingerprint density at radius 2 is 1.44 bits per heavy atom. The number of nitrogens with one attached hydrogen (secondary N) is 1. The summed E-state index contributed by atoms with van der Waals surface area (Å²) in [5.41, 5.74) is 5.95. The molecule has 1 aliphatic heterocycles. The van der Waals surface area contributed by atoms with Crippen LogP contribution in [0.25, 0.3) is 11.0 Å². The first-order valence-corrected chi connectivity index (χ1v) is 14.2. The molecule has 1 aliphatic rings. The molecular weight excluding hydrogens is 486 g/mol. The van der Waals surface area contributed by atoms with Crippen molar-refractivity contribution in [3.05, 3.63) is 94.4 Å². The number of carbonyl (C=O) groups is 1. The molecule has 0 unspecified atom stereocenters. The van der Waals surface area contributed by atoms with E-state index in [0.717, 1.165) is 54.5 Å². The van der Waals surface area contributed by atoms with E-state index in [1.807, 2.05) is 58.0 Å². The van der Waals surface area contributed by atoms with Gasteiger partial charge in [0.05, 0.1) is 22.4 Å². The van der Waals surface area contributed by atoms with Gasteiger partial charge in [0.15, 0.2) is 0 Å². The summed E-state index contributed by atoms with van der Waals surface area (Å²) < 4.78 is 1.87. The largest absolute Gasteiger partial charge is 0.343 e. The number of fused-ring (bicyclic) bond motifs is 1. The molecule has 0 radical (unpaired) electrons. The fraction of sp³-hybridized carbons (Fsp3) is 0.375. The zero-order valence-electron chi connectivity index (χ0n) is 22.7. The Bertz CT molecular complexity index is 1460. The Balaban J connectivity index is 1.06. The fourth-order valence-corrected chi connectivity index (χ4v) is 5.37. The van der Waals surface area contributed by atoms with E-state index in [-0.39, 0.29) is 17.6 Å². The number of imidazole rings is 1. The van der Waals surface area contributed by atoms with Crippen molar-refractivity contribution in [3.8, 4) is 0 Å². The van der Waals surface area contributed by atoms with Crippen LogP contribution in [0.2, 0.25) is 0 Å². The lowest BCUT2D eigenvalue weighted by molar-refractivity contribution is -0.132. The van der Waals surface area contributed by atoms with Crippen molar-refractivity contribution in [1.82, 2.24) is 14.5 Å². The van der Waals surface area contributed by atoms with Gasteiger partial charge in [-0.2, -0.15) is 10.2 Å². The van der Waals surface area contributed by atoms with Gasteiger partial charge in [-0.05, 0) is 86.1 Å². The highest BCUT2D eigenvalue weighted by Gasteiger charge is 2.25. The normalized spacial score (nSPS) is 14.4. The van der Waals surface area contributed by atoms with Gasteiger partial charge in [0, 0.05) is 25.6 Å². The molecule has 4 aromatic rings. The third-order valence-corrected chi connectivity index (χ3v) is 7.64. The first-order valence-electron chi connectivity index (χ1n) is 14.2. The number of hydrogen-bond donors (Lipinski definition) is 1. The number of carbonyl (C=O) groups excluding carboxylic acids is 1. The molecule has 0 spiro atoms. The molecule has 7 heteroatoms. The van der Waals surface area contributed by atoms with Gasteiger partial charge in [0.25, 0.3) is 0 Å². The summed E-state index contributed by atoms with van der Waals surface area (Å²) in [5, 5.41) is 8.73. The molecular formula is C32H37N5O2. The number of amides is 1. The van der Waals surface area contributed by atoms with Gasteiger partial charge in [0.2, 0.25) is 5.91 Å². The molecule has 0 bridgehead atoms. The number of nitrogens with zero attached hydrogens (tertiary/aromatic N) is 4. The third-order valence-electron chi connectivity index (χ3n) is 7.64. The van der Waals surface area contributed by atoms with Crippen LogP contribution in [-0.4, -0.2) is 33.4 Å². The van der Waals surface area contributed by atoms with E-state index in [0.29, 0.717) is 19.5 Å². The van der Waals surface area contributed by atoms with Gasteiger partial charge in [-0.1, -0.05) is 49.7 Å². The first kappa shape index (κ1) is 26.6. The molecule has 1 N–H and O–H groups in total. The van der Waals surface area contributed by atoms with E-state index >= 15 is 0 Å². The number of azo groups is 1. The van der Waals surface area contributed by atoms with Crippen molar-refractivity contribution in [2.75, 3.05) is 13.1 Å². The van der Waals surface area contributed by atoms with E-state index in [9.17, 15) is 9.59 Å². The minimum Gasteiger partial charge on any atom is -0.343 e. The van der Waals surface area contributed by atoms with E-state index in [2.05, 4.69) is 46.4 Å². The number of rotatable bonds is 10. The smallest absolute Gasteiger partial charge is 0.326 e. The van der Waals surface area contributed by atoms with Crippen LogP contribution in [-0.2, 0) is 17.6 Å². The molecule has 2 heterocycles. The summed E-state index contributed by atoms with van der Waals surface area (Å²) in [6.45, 7) is 3.59. The monoisotopic (exact) mass is 523 g/mol. The van der Waals surface area contributed by atoms with E-state index in [4.69, 9.17) is 0 Å². The first-order chi connectivity index (χ1) is 19.1. The quantitative estimate of drug-likeness (QED) is 0.222. The standard InChI is InChI=1S/C32H37N5O2/c1-2-3-7-24-12-16-26(17-13-24)34-35-27-18-14-25(15-19-27)8-6-11-31(38)36-22-20-28(21-23-36)37-30-10-5-4-9-29(30)33-32(37)39/h4-5,9-10,12-19,28H,2-3,6-8,11,20-23H2,1H3,(H,33,39). The van der Waals surface area contributed by atoms with Crippen molar-refractivity contribution in [2.24, 2.45) is 10.2 Å². The molecule has 1 fully saturated rings. The van der Waals surface area contributed by atoms with Crippen molar-refractivity contribution >= 4 is 28.3 Å². The van der Waals surface area contributed by atoms with Crippen LogP contribution in [0.4, 0.5) is 11.4 Å². The second kappa shape index (κ2) is 12.7. The van der Waals surface area contributed by atoms with Gasteiger partial charge < -0.3 is 9.88 Å². The topological polar surface area (TPSA) is 82.8 Å². The number of para-hydroxylation sites is 2. The lowest BCUT2D eigenvalue weighted by Gasteiger charge is -2.32. The van der Waals surface area contributed by atoms with Crippen molar-refractivity contribution in [1.29, 1.82) is 0 Å². The number of benzene rings is 3. The summed E-state index contributed by atoms with van der Waals surface area (Å²) in [6.07, 6.45) is 7.30. The molecule has 39 heavy (non-hydrogen) atoms. The summed E-state index contributed by atoms with van der Waals surface area (Å²) in [4.78, 5) is 30.2. The Labute approximate surface area is 229 Å². The SMILES string of the molecule is CCCCc1ccc(N=Nc2ccc(CCCC(=O)N3CCC(n4c(=O)[nH]c5ccccc54)CC3)cc2)cc1. The lowest BCUT2D eigenvalue weighted by Crippen LogP contribution is -2.40. The molecule has 7 nitrogen and oxygen atoms in total. The summed E-state index contributed by atoms with van der Waals surface area (Å²) in [6, 6.07) is 24.3. The van der Waals surface area contributed by atoms with Crippen molar-refractivity contribution in [2.45, 2.75) is 64.3 Å². The van der Waals surface area contributed by atoms with Gasteiger partial charge in [-0.15, -0.1) is 0 Å². The highest BCUT2D eigenvalue weighted by Crippen LogP contribution is 2.26. The van der Waals surface area contributed by atoms with E-state index in [1.54, 1.807) is 0 Å². The van der Waals surface area contributed by atoms with E-state index < -0.39 is 0 Å². The highest BCUT2D eigenvalue weighted by atomic mass is 16.2. The Morgan fingerprint density at radius 1 is 0.846 bits per heavy atom. The average molecular weight is 524 g/mol. The minimum absolute atomic E-state index is 0.0649. The molecule has 202 valence electrons. The molecule has 3 aromatic carbocycles. The Kier molecular flexibility index (Phi) is 8.66. The maximum absolute atomic E-state index is 12.8. The zero-order valence-corrected chi connectivity index (χ0v) is 22.7. The van der Waals surface area contributed by atoms with Crippen LogP contribution in [0.5, 0.6) is 0 Å². The average Bonchev–Trinajstić information content (AvgIpc) is 3.31. The van der Waals surface area contributed by atoms with Gasteiger partial charge in [0.1, 0.15) is 0 Å². The van der Waals surface area contributed by atoms with E-state index in [1.165, 1.54) is 24.0 Å². The third kappa shape index (κ3) is 6.72. The van der Waals surface area contributed by atoms with Crippen molar-refractivity contribution < 1.29 is 4.79 Å². The van der Waals surface area contributed by atoms with Crippen LogP contribution in [0.1, 0.15) is 62.6 Å². The van der Waals surface area contributed by atoms with Crippen LogP contribution < -0.4 is 5.69 Å². The number of H-pyrrole nitrogens is 1. The number of unbranched alkanes of at least 4 members (excludes halogenated alkanes) is 1. The fourth-order valence-electron chi connectivity index (χ4n) is 5.37. The predicted molar refractivity (Wildman–Crippen MR) is 156 cm³/mol. The van der Waals surface area contributed by atoms with Crippen LogP contribution in [0.15, 0.2) is 87.8 Å². The maximum atomic E-state index is 12.8. The predicted octanol–water partition coefficient (Wildman–Crippen LogP) is 7.27. The van der Waals surface area contributed by atoms with Crippen LogP contribution >= 0.6 is 0 Å². The second-order valence-electron chi connectivity index (χ2n) is 10.4. The summed E-state index contributed by atoms with van der Waals surface area (Å²) in [7, 11) is 0. The molecule has 0 saturated carbocycles. The van der Waals surface area contributed by atoms with Crippen LogP contribution in [0, 0.1) is 0 Å². The molecule has 0 aliphatic carbocycles. The number of aromatic nitrogens is 2. The summed E-state index contributed by atoms with van der Waals surface area (Å²) in [5.74, 6) is 0.200. The Hall–Kier alpha value is -4.00. The summed E-state index contributed by atoms with van der Waals surface area (Å²) >= 11 is 0. The Morgan fingerprint density at radius 3 is 2.05 bits per heavy atom. The number of piperidine rings is 1. The number of aryl methyl sites for hydroxylation is 2. The van der Waals surface area contributed by atoms with Gasteiger partial charge in [-0.25, -0.2) is 4.79 Å². The minimum atomic E-state index is -0.0649. The van der Waals surface area contributed by atoms with Gasteiger partial charge >= 0.3 is 5.69 Å². The molecule has 1 aromatic heterocycles. The lowest BCUT2D eigenvalue weighted by atomic mass is 10.0. The number of aromatic amines is 1. The molecule has 1 saturated heterocycles. The molecule has 5 rings (SSSR count). The van der Waals surface area contributed by atoms with Crippen molar-refractivity contribution in [3.63, 3.8) is 0 Å². The number of likely N-dealkylation sites (tertiary alicyclic amines) is 1. The number of hydrogen-bond acceptors (Lipinski definition) is 4. The molecule has 0 atom stereocenters.